The van der Waals surface area contributed by atoms with Crippen LogP contribution in [0.1, 0.15) is 34.1 Å². The zero-order valence-electron chi connectivity index (χ0n) is 23.0. The number of carbonyl (C=O) groups is 1. The lowest BCUT2D eigenvalue weighted by Crippen LogP contribution is -2.39. The number of aliphatic imine (C=N–C) groups is 1. The molecule has 0 unspecified atom stereocenters. The summed E-state index contributed by atoms with van der Waals surface area (Å²) in [5.74, 6) is -0.00407. The number of hydrogen-bond acceptors (Lipinski definition) is 6. The van der Waals surface area contributed by atoms with Crippen LogP contribution in [-0.2, 0) is 18.0 Å². The fourth-order valence-electron chi connectivity index (χ4n) is 4.51. The number of aryl methyl sites for hydroxylation is 2. The number of rotatable bonds is 5. The summed E-state index contributed by atoms with van der Waals surface area (Å²) in [4.78, 5) is 19.6. The van der Waals surface area contributed by atoms with E-state index in [1.54, 1.807) is 46.9 Å². The quantitative estimate of drug-likeness (QED) is 0.271. The highest BCUT2D eigenvalue weighted by Crippen LogP contribution is 2.35. The molecule has 41 heavy (non-hydrogen) atoms. The standard InChI is InChI=1S/C28H29F3N8O2/c1-17-5-6-20(11-26(17)39-16-25(35-36-39)24-15-32-37(4)18(24)2)27(40)34-23-13-21(28(29,30)31)12-22(14-23)33-19(3)38-7-9-41-10-8-38/h5-6,11-16H,7-10H2,1-4H3,(H,34,40). The zero-order chi connectivity index (χ0) is 29.3. The van der Waals surface area contributed by atoms with Crippen LogP contribution >= 0.6 is 0 Å². The topological polar surface area (TPSA) is 102 Å². The van der Waals surface area contributed by atoms with Gasteiger partial charge in [0.25, 0.3) is 5.91 Å². The van der Waals surface area contributed by atoms with E-state index in [0.717, 1.165) is 29.0 Å². The Morgan fingerprint density at radius 1 is 1.10 bits per heavy atom. The zero-order valence-corrected chi connectivity index (χ0v) is 23.0. The summed E-state index contributed by atoms with van der Waals surface area (Å²) < 4.78 is 49.8. The maximum Gasteiger partial charge on any atom is 0.416 e. The molecule has 0 spiro atoms. The molecular weight excluding hydrogens is 537 g/mol. The molecule has 1 aliphatic heterocycles. The highest BCUT2D eigenvalue weighted by Gasteiger charge is 2.31. The van der Waals surface area contributed by atoms with E-state index in [-0.39, 0.29) is 16.9 Å². The first-order valence-corrected chi connectivity index (χ1v) is 12.9. The molecule has 10 nitrogen and oxygen atoms in total. The van der Waals surface area contributed by atoms with Crippen molar-refractivity contribution >= 4 is 23.1 Å². The normalized spacial score (nSPS) is 14.4. The van der Waals surface area contributed by atoms with Gasteiger partial charge in [0.05, 0.1) is 42.5 Å². The summed E-state index contributed by atoms with van der Waals surface area (Å²) in [5, 5.41) is 15.3. The molecule has 0 atom stereocenters. The number of carbonyl (C=O) groups excluding carboxylic acids is 1. The minimum absolute atomic E-state index is 0.0180. The molecule has 5 rings (SSSR count). The first kappa shape index (κ1) is 28.0. The van der Waals surface area contributed by atoms with E-state index in [4.69, 9.17) is 4.74 Å². The molecule has 2 aromatic heterocycles. The van der Waals surface area contributed by atoms with Crippen LogP contribution in [-0.4, -0.2) is 67.7 Å². The Labute approximate surface area is 234 Å². The molecule has 0 bridgehead atoms. The van der Waals surface area contributed by atoms with Gasteiger partial charge in [0.2, 0.25) is 0 Å². The fourth-order valence-corrected chi connectivity index (χ4v) is 4.51. The van der Waals surface area contributed by atoms with E-state index in [1.165, 1.54) is 6.07 Å². The molecule has 0 saturated carbocycles. The number of aromatic nitrogens is 5. The number of nitrogens with zero attached hydrogens (tertiary/aromatic N) is 7. The Morgan fingerprint density at radius 3 is 2.54 bits per heavy atom. The van der Waals surface area contributed by atoms with Crippen LogP contribution in [0.5, 0.6) is 0 Å². The van der Waals surface area contributed by atoms with Gasteiger partial charge in [-0.15, -0.1) is 5.10 Å². The van der Waals surface area contributed by atoms with E-state index in [1.807, 2.05) is 25.8 Å². The van der Waals surface area contributed by atoms with Crippen molar-refractivity contribution in [1.29, 1.82) is 0 Å². The number of anilines is 1. The Kier molecular flexibility index (Phi) is 7.63. The lowest BCUT2D eigenvalue weighted by molar-refractivity contribution is -0.137. The summed E-state index contributed by atoms with van der Waals surface area (Å²) in [6.07, 6.45) is -1.18. The fraction of sp³-hybridized carbons (Fsp3) is 0.321. The average molecular weight is 567 g/mol. The van der Waals surface area contributed by atoms with E-state index < -0.39 is 17.6 Å². The largest absolute Gasteiger partial charge is 0.416 e. The number of amidine groups is 1. The van der Waals surface area contributed by atoms with Gasteiger partial charge in [-0.05, 0) is 56.7 Å². The number of alkyl halides is 3. The average Bonchev–Trinajstić information content (AvgIpc) is 3.55. The van der Waals surface area contributed by atoms with Gasteiger partial charge in [0.1, 0.15) is 11.5 Å². The Bertz CT molecular complexity index is 1620. The molecule has 1 amide bonds. The van der Waals surface area contributed by atoms with Gasteiger partial charge in [-0.25, -0.2) is 9.67 Å². The highest BCUT2D eigenvalue weighted by molar-refractivity contribution is 6.05. The second-order valence-corrected chi connectivity index (χ2v) is 9.80. The number of ether oxygens (including phenoxy) is 1. The van der Waals surface area contributed by atoms with Crippen LogP contribution < -0.4 is 5.32 Å². The molecule has 13 heteroatoms. The van der Waals surface area contributed by atoms with E-state index in [9.17, 15) is 18.0 Å². The molecule has 4 aromatic rings. The van der Waals surface area contributed by atoms with Crippen LogP contribution in [0.4, 0.5) is 24.5 Å². The van der Waals surface area contributed by atoms with Crippen molar-refractivity contribution in [2.75, 3.05) is 31.6 Å². The van der Waals surface area contributed by atoms with Crippen LogP contribution in [0.25, 0.3) is 16.9 Å². The third-order valence-electron chi connectivity index (χ3n) is 6.99. The van der Waals surface area contributed by atoms with Crippen molar-refractivity contribution < 1.29 is 22.7 Å². The van der Waals surface area contributed by atoms with Gasteiger partial charge in [-0.2, -0.15) is 18.3 Å². The van der Waals surface area contributed by atoms with Crippen LogP contribution in [0, 0.1) is 13.8 Å². The van der Waals surface area contributed by atoms with Crippen molar-refractivity contribution in [3.8, 4) is 16.9 Å². The van der Waals surface area contributed by atoms with Crippen molar-refractivity contribution in [2.24, 2.45) is 12.0 Å². The van der Waals surface area contributed by atoms with Crippen molar-refractivity contribution in [1.82, 2.24) is 29.7 Å². The van der Waals surface area contributed by atoms with Crippen LogP contribution in [0.3, 0.4) is 0 Å². The summed E-state index contributed by atoms with van der Waals surface area (Å²) >= 11 is 0. The van der Waals surface area contributed by atoms with E-state index in [2.05, 4.69) is 25.7 Å². The number of nitrogens with one attached hydrogen (secondary N) is 1. The molecule has 2 aromatic carbocycles. The predicted octanol–water partition coefficient (Wildman–Crippen LogP) is 4.94. The number of morpholine rings is 1. The lowest BCUT2D eigenvalue weighted by atomic mass is 10.1. The third-order valence-corrected chi connectivity index (χ3v) is 6.99. The van der Waals surface area contributed by atoms with Gasteiger partial charge in [0, 0.05) is 42.6 Å². The minimum Gasteiger partial charge on any atom is -0.378 e. The molecule has 1 saturated heterocycles. The lowest BCUT2D eigenvalue weighted by Gasteiger charge is -2.28. The maximum absolute atomic E-state index is 13.7. The van der Waals surface area contributed by atoms with Crippen LogP contribution in [0.2, 0.25) is 0 Å². The van der Waals surface area contributed by atoms with Gasteiger partial charge < -0.3 is 15.0 Å². The van der Waals surface area contributed by atoms with E-state index >= 15 is 0 Å². The second-order valence-electron chi connectivity index (χ2n) is 9.80. The van der Waals surface area contributed by atoms with Crippen molar-refractivity contribution in [3.63, 3.8) is 0 Å². The maximum atomic E-state index is 13.7. The predicted molar refractivity (Wildman–Crippen MR) is 148 cm³/mol. The summed E-state index contributed by atoms with van der Waals surface area (Å²) in [7, 11) is 1.83. The Morgan fingerprint density at radius 2 is 1.85 bits per heavy atom. The van der Waals surface area contributed by atoms with Gasteiger partial charge in [0.15, 0.2) is 0 Å². The second kappa shape index (κ2) is 11.2. The summed E-state index contributed by atoms with van der Waals surface area (Å²) in [5.41, 5.74) is 3.21. The number of benzene rings is 2. The Balaban J connectivity index is 1.42. The van der Waals surface area contributed by atoms with E-state index in [0.29, 0.717) is 43.5 Å². The van der Waals surface area contributed by atoms with Gasteiger partial charge in [-0.1, -0.05) is 11.3 Å². The molecule has 1 aliphatic rings. The first-order valence-electron chi connectivity index (χ1n) is 12.9. The Hall–Kier alpha value is -4.52. The first-order chi connectivity index (χ1) is 19.5. The molecule has 1 fully saturated rings. The van der Waals surface area contributed by atoms with Gasteiger partial charge >= 0.3 is 6.18 Å². The molecule has 0 aliphatic carbocycles. The van der Waals surface area contributed by atoms with Crippen molar-refractivity contribution in [2.45, 2.75) is 26.9 Å². The molecular formula is C28H29F3N8O2. The molecule has 3 heterocycles. The molecule has 1 N–H and O–H groups in total. The number of halogens is 3. The summed E-state index contributed by atoms with van der Waals surface area (Å²) in [6, 6.07) is 8.26. The summed E-state index contributed by atoms with van der Waals surface area (Å²) in [6.45, 7) is 7.77. The monoisotopic (exact) mass is 566 g/mol. The number of amides is 1. The molecule has 0 radical (unpaired) electrons. The van der Waals surface area contributed by atoms with Gasteiger partial charge in [-0.3, -0.25) is 9.48 Å². The smallest absolute Gasteiger partial charge is 0.378 e. The van der Waals surface area contributed by atoms with Crippen LogP contribution in [0.15, 0.2) is 53.8 Å². The third kappa shape index (κ3) is 6.14. The number of hydrogen-bond donors (Lipinski definition) is 1. The highest BCUT2D eigenvalue weighted by atomic mass is 19.4. The SMILES string of the molecule is CC(=Nc1cc(NC(=O)c2ccc(C)c(-n3cc(-c4cnn(C)c4C)nn3)c2)cc(C(F)(F)F)c1)N1CCOCC1. The molecule has 214 valence electrons. The minimum atomic E-state index is -4.62. The van der Waals surface area contributed by atoms with Crippen molar-refractivity contribution in [3.05, 3.63) is 71.2 Å².